The Balaban J connectivity index is 0.000000212. The lowest BCUT2D eigenvalue weighted by Gasteiger charge is -2.39. The first-order chi connectivity index (χ1) is 18.0. The van der Waals surface area contributed by atoms with E-state index in [1.807, 2.05) is 5.32 Å². The van der Waals surface area contributed by atoms with Crippen molar-refractivity contribution in [1.29, 1.82) is 0 Å². The zero-order valence-corrected chi connectivity index (χ0v) is 21.4. The number of likely N-dealkylation sites (tertiary alicyclic amines) is 1. The Morgan fingerprint density at radius 3 is 2.05 bits per heavy atom. The van der Waals surface area contributed by atoms with E-state index in [9.17, 15) is 31.1 Å². The highest BCUT2D eigenvalue weighted by Gasteiger charge is 2.36. The highest BCUT2D eigenvalue weighted by atomic mass is 19.4. The molecule has 1 N–H and O–H groups in total. The smallest absolute Gasteiger partial charge is 0.355 e. The zero-order valence-electron chi connectivity index (χ0n) is 21.4. The largest absolute Gasteiger partial charge is 0.416 e. The number of rotatable bonds is 6. The van der Waals surface area contributed by atoms with E-state index in [2.05, 4.69) is 54.3 Å². The molecule has 3 nitrogen and oxygen atoms in total. The normalized spacial score (nSPS) is 21.2. The molecule has 1 unspecified atom stereocenters. The van der Waals surface area contributed by atoms with Crippen LogP contribution in [-0.2, 0) is 23.7 Å². The van der Waals surface area contributed by atoms with Crippen molar-refractivity contribution in [3.63, 3.8) is 0 Å². The van der Waals surface area contributed by atoms with Crippen LogP contribution in [0.2, 0.25) is 0 Å². The third kappa shape index (κ3) is 8.89. The molecular weight excluding hydrogens is 506 g/mol. The van der Waals surface area contributed by atoms with E-state index < -0.39 is 30.0 Å². The summed E-state index contributed by atoms with van der Waals surface area (Å²) in [6.07, 6.45) is 2.32. The topological polar surface area (TPSA) is 32.3 Å². The van der Waals surface area contributed by atoms with E-state index in [4.69, 9.17) is 0 Å². The fraction of sp³-hybridized carbons (Fsp3) is 0.483. The van der Waals surface area contributed by atoms with E-state index in [0.29, 0.717) is 12.1 Å². The van der Waals surface area contributed by atoms with Gasteiger partial charge in [-0.05, 0) is 67.0 Å². The van der Waals surface area contributed by atoms with E-state index >= 15 is 0 Å². The van der Waals surface area contributed by atoms with E-state index in [1.54, 1.807) is 0 Å². The predicted molar refractivity (Wildman–Crippen MR) is 136 cm³/mol. The van der Waals surface area contributed by atoms with Crippen molar-refractivity contribution in [3.05, 3.63) is 76.9 Å². The van der Waals surface area contributed by atoms with Crippen molar-refractivity contribution in [2.24, 2.45) is 11.8 Å². The molecule has 9 heteroatoms. The van der Waals surface area contributed by atoms with Crippen LogP contribution in [0.25, 0.3) is 6.08 Å². The average Bonchev–Trinajstić information content (AvgIpc) is 3.42. The molecule has 0 bridgehead atoms. The molecule has 2 aromatic rings. The lowest BCUT2D eigenvalue weighted by Crippen LogP contribution is -2.43. The van der Waals surface area contributed by atoms with Crippen LogP contribution < -0.4 is 5.32 Å². The minimum Gasteiger partial charge on any atom is -0.355 e. The predicted octanol–water partition coefficient (Wildman–Crippen LogP) is 7.57. The van der Waals surface area contributed by atoms with Crippen molar-refractivity contribution >= 4 is 12.5 Å². The molecule has 2 aliphatic rings. The van der Waals surface area contributed by atoms with Gasteiger partial charge in [0.25, 0.3) is 0 Å². The molecule has 2 fully saturated rings. The summed E-state index contributed by atoms with van der Waals surface area (Å²) in [7, 11) is 0. The number of alkyl halides is 6. The van der Waals surface area contributed by atoms with Gasteiger partial charge in [0.15, 0.2) is 0 Å². The van der Waals surface area contributed by atoms with Gasteiger partial charge in [-0.2, -0.15) is 26.3 Å². The number of hydrogen-bond acceptors (Lipinski definition) is 2. The number of piperidine rings is 1. The minimum atomic E-state index is -4.88. The van der Waals surface area contributed by atoms with Gasteiger partial charge in [0.1, 0.15) is 0 Å². The van der Waals surface area contributed by atoms with Gasteiger partial charge < -0.3 is 10.2 Å². The van der Waals surface area contributed by atoms with Gasteiger partial charge in [-0.3, -0.25) is 4.79 Å². The number of nitrogens with zero attached hydrogens (tertiary/aromatic N) is 1. The third-order valence-corrected chi connectivity index (χ3v) is 7.22. The average molecular weight is 541 g/mol. The van der Waals surface area contributed by atoms with Crippen LogP contribution in [-0.4, -0.2) is 30.4 Å². The van der Waals surface area contributed by atoms with Crippen molar-refractivity contribution in [2.75, 3.05) is 13.1 Å². The number of amides is 1. The SMILES string of the molecule is CC1CN(C2CCCC2)CC[C@H]1/C=C\c1ccccc1.O=CNCc1cc(C(F)(F)F)cc(C(F)(F)F)c1. The fourth-order valence-electron chi connectivity index (χ4n) is 5.16. The molecule has 1 aliphatic heterocycles. The number of hydrogen-bond donors (Lipinski definition) is 1. The monoisotopic (exact) mass is 540 g/mol. The molecule has 38 heavy (non-hydrogen) atoms. The number of carbonyl (C=O) groups excluding carboxylic acids is 1. The molecule has 208 valence electrons. The molecule has 1 saturated carbocycles. The van der Waals surface area contributed by atoms with Crippen molar-refractivity contribution in [2.45, 2.75) is 64.0 Å². The molecule has 2 aromatic carbocycles. The first kappa shape index (κ1) is 29.7. The van der Waals surface area contributed by atoms with Gasteiger partial charge in [-0.1, -0.05) is 62.2 Å². The van der Waals surface area contributed by atoms with Gasteiger partial charge in [0.2, 0.25) is 6.41 Å². The summed E-state index contributed by atoms with van der Waals surface area (Å²) < 4.78 is 74.4. The van der Waals surface area contributed by atoms with Crippen molar-refractivity contribution in [3.8, 4) is 0 Å². The van der Waals surface area contributed by atoms with E-state index in [1.165, 1.54) is 50.8 Å². The summed E-state index contributed by atoms with van der Waals surface area (Å²) in [5.41, 5.74) is -1.75. The summed E-state index contributed by atoms with van der Waals surface area (Å²) >= 11 is 0. The molecule has 2 atom stereocenters. The second kappa shape index (κ2) is 13.3. The first-order valence-electron chi connectivity index (χ1n) is 12.9. The lowest BCUT2D eigenvalue weighted by molar-refractivity contribution is -0.143. The number of carbonyl (C=O) groups is 1. The molecular formula is C29H34F6N2O. The maximum Gasteiger partial charge on any atom is 0.416 e. The second-order valence-electron chi connectivity index (χ2n) is 10.0. The van der Waals surface area contributed by atoms with Crippen LogP contribution in [0.15, 0.2) is 54.6 Å². The zero-order chi connectivity index (χ0) is 27.8. The van der Waals surface area contributed by atoms with Gasteiger partial charge in [-0.25, -0.2) is 0 Å². The molecule has 1 aliphatic carbocycles. The van der Waals surface area contributed by atoms with Crippen molar-refractivity contribution < 1.29 is 31.1 Å². The van der Waals surface area contributed by atoms with Crippen LogP contribution in [0, 0.1) is 11.8 Å². The van der Waals surface area contributed by atoms with E-state index in [0.717, 1.165) is 17.9 Å². The Morgan fingerprint density at radius 1 is 0.921 bits per heavy atom. The first-order valence-corrected chi connectivity index (χ1v) is 12.9. The van der Waals surface area contributed by atoms with Gasteiger partial charge >= 0.3 is 12.4 Å². The summed E-state index contributed by atoms with van der Waals surface area (Å²) in [4.78, 5) is 12.8. The van der Waals surface area contributed by atoms with E-state index in [-0.39, 0.29) is 18.0 Å². The summed E-state index contributed by atoms with van der Waals surface area (Å²) in [5, 5.41) is 2.01. The maximum absolute atomic E-state index is 12.4. The second-order valence-corrected chi connectivity index (χ2v) is 10.0. The van der Waals surface area contributed by atoms with Gasteiger partial charge in [0.05, 0.1) is 11.1 Å². The number of benzene rings is 2. The highest BCUT2D eigenvalue weighted by Crippen LogP contribution is 2.36. The third-order valence-electron chi connectivity index (χ3n) is 7.22. The fourth-order valence-corrected chi connectivity index (χ4v) is 5.16. The van der Waals surface area contributed by atoms with Crippen LogP contribution in [0.5, 0.6) is 0 Å². The van der Waals surface area contributed by atoms with Crippen molar-refractivity contribution in [1.82, 2.24) is 10.2 Å². The van der Waals surface area contributed by atoms with Gasteiger partial charge in [-0.15, -0.1) is 0 Å². The Kier molecular flexibility index (Phi) is 10.4. The number of nitrogens with one attached hydrogen (secondary N) is 1. The number of halogens is 6. The van der Waals surface area contributed by atoms with Crippen LogP contribution in [0.4, 0.5) is 26.3 Å². The summed E-state index contributed by atoms with van der Waals surface area (Å²) in [6, 6.07) is 12.7. The Morgan fingerprint density at radius 2 is 1.53 bits per heavy atom. The Labute approximate surface area is 219 Å². The standard InChI is InChI=1S/C19H27N.C10H7F6NO/c1-16-15-20(19-9-5-6-10-19)14-13-18(16)12-11-17-7-3-2-4-8-17;11-9(12,13)7-1-6(4-17-5-18)2-8(3-7)10(14,15)16/h2-4,7-8,11-12,16,18-19H,5-6,9-10,13-15H2,1H3;1-3,5H,4H2,(H,17,18)/b12-11-;/t16?,18-;/m1./s1. The van der Waals surface area contributed by atoms with Crippen LogP contribution >= 0.6 is 0 Å². The molecule has 0 spiro atoms. The Bertz CT molecular complexity index is 1010. The Hall–Kier alpha value is -2.81. The summed E-state index contributed by atoms with van der Waals surface area (Å²) in [6.45, 7) is 4.63. The highest BCUT2D eigenvalue weighted by molar-refractivity contribution is 5.49. The molecule has 4 rings (SSSR count). The lowest BCUT2D eigenvalue weighted by atomic mass is 9.85. The quantitative estimate of drug-likeness (QED) is 0.303. The van der Waals surface area contributed by atoms with Crippen LogP contribution in [0.3, 0.4) is 0 Å². The molecule has 0 aromatic heterocycles. The molecule has 0 radical (unpaired) electrons. The minimum absolute atomic E-state index is 0.0322. The van der Waals surface area contributed by atoms with Crippen LogP contribution in [0.1, 0.15) is 61.3 Å². The summed E-state index contributed by atoms with van der Waals surface area (Å²) in [5.74, 6) is 1.55. The maximum atomic E-state index is 12.4. The number of allylic oxidation sites excluding steroid dienone is 1. The molecule has 1 amide bonds. The molecule has 1 heterocycles. The van der Waals surface area contributed by atoms with Gasteiger partial charge in [0, 0.05) is 19.1 Å². The molecule has 1 saturated heterocycles.